The zero-order chi connectivity index (χ0) is 54.3. The van der Waals surface area contributed by atoms with Crippen molar-refractivity contribution in [2.45, 2.75) is 270 Å². The lowest BCUT2D eigenvalue weighted by atomic mass is 10.0. The molecule has 74 heavy (non-hydrogen) atoms. The number of nitrogens with one attached hydrogen (secondary N) is 1. The van der Waals surface area contributed by atoms with Crippen LogP contribution in [0.3, 0.4) is 0 Å². The number of phosphoric ester groups is 1. The van der Waals surface area contributed by atoms with Gasteiger partial charge in [-0.1, -0.05) is 228 Å². The molecule has 0 bridgehead atoms. The first-order valence-electron chi connectivity index (χ1n) is 30.4. The Bertz CT molecular complexity index is 1540. The van der Waals surface area contributed by atoms with Crippen LogP contribution >= 0.6 is 7.82 Å². The number of carbonyl (C=O) groups excluding carboxylic acids is 2. The number of ether oxygens (including phenoxy) is 1. The monoisotopic (exact) mass is 1060 g/mol. The number of nitrogens with zero attached hydrogens (tertiary/aromatic N) is 1. The first-order chi connectivity index (χ1) is 35.9. The van der Waals surface area contributed by atoms with Crippen molar-refractivity contribution in [1.29, 1.82) is 0 Å². The third kappa shape index (κ3) is 54.0. The molecule has 0 aromatic rings. The minimum absolute atomic E-state index is 0.0306. The summed E-state index contributed by atoms with van der Waals surface area (Å²) in [5.74, 6) is -0.546. The van der Waals surface area contributed by atoms with Gasteiger partial charge in [0.1, 0.15) is 19.3 Å². The van der Waals surface area contributed by atoms with Gasteiger partial charge in [0.25, 0.3) is 0 Å². The highest BCUT2D eigenvalue weighted by atomic mass is 31.2. The number of phosphoric acid groups is 1. The second-order valence-corrected chi connectivity index (χ2v) is 22.9. The minimum atomic E-state index is -4.46. The van der Waals surface area contributed by atoms with Crippen molar-refractivity contribution in [2.75, 3.05) is 40.9 Å². The van der Waals surface area contributed by atoms with E-state index in [1.807, 2.05) is 33.3 Å². The molecule has 3 unspecified atom stereocenters. The molecule has 0 rings (SSSR count). The van der Waals surface area contributed by atoms with E-state index in [9.17, 15) is 19.0 Å². The van der Waals surface area contributed by atoms with E-state index in [1.165, 1.54) is 103 Å². The normalized spacial score (nSPS) is 14.3. The first kappa shape index (κ1) is 71.2. The molecule has 10 heteroatoms. The highest BCUT2D eigenvalue weighted by Crippen LogP contribution is 2.43. The van der Waals surface area contributed by atoms with Gasteiger partial charge in [-0.2, -0.15) is 0 Å². The standard InChI is InChI=1S/C64H115N2O7P/c1-7-10-13-16-19-22-25-28-30-31-32-33-34-35-36-38-41-44-47-50-53-56-63(67)65-61(60-72-74(69,70)71-59-58-66(4,5)6)62(55-52-49-46-43-40-37-27-24-21-18-15-12-9-3)73-64(68)57-54-51-48-45-42-39-29-26-23-20-17-14-11-8-2/h10,13,19,22,28,30,32-33,35-36,39,42,52,55,61-62H,7-9,11-12,14-18,20-21,23-27,29,31,34,37-38,40-41,43-51,53-54,56-60H2,1-6H3,(H-,65,67,69,70)/p+1/b13-10-,22-19-,30-28-,33-32-,36-35-,42-39-,55-52-. The molecule has 0 saturated heterocycles. The molecule has 0 aliphatic carbocycles. The molecule has 0 aromatic heterocycles. The predicted molar refractivity (Wildman–Crippen MR) is 318 cm³/mol. The maximum absolute atomic E-state index is 13.5. The van der Waals surface area contributed by atoms with Gasteiger partial charge in [0.05, 0.1) is 33.8 Å². The van der Waals surface area contributed by atoms with Crippen LogP contribution in [0.25, 0.3) is 0 Å². The third-order valence-corrected chi connectivity index (χ3v) is 14.1. The molecule has 0 heterocycles. The van der Waals surface area contributed by atoms with Gasteiger partial charge in [0, 0.05) is 12.8 Å². The highest BCUT2D eigenvalue weighted by molar-refractivity contribution is 7.47. The van der Waals surface area contributed by atoms with Crippen molar-refractivity contribution < 1.29 is 37.3 Å². The van der Waals surface area contributed by atoms with Gasteiger partial charge in [-0.15, -0.1) is 0 Å². The molecule has 1 amide bonds. The summed E-state index contributed by atoms with van der Waals surface area (Å²) < 4.78 is 30.6. The fourth-order valence-electron chi connectivity index (χ4n) is 8.37. The average Bonchev–Trinajstić information content (AvgIpc) is 3.36. The Kier molecular flexibility index (Phi) is 51.5. The first-order valence-corrected chi connectivity index (χ1v) is 31.9. The Balaban J connectivity index is 5.35. The van der Waals surface area contributed by atoms with E-state index in [0.29, 0.717) is 23.9 Å². The molecular formula is C64H116N2O7P+. The number of rotatable bonds is 54. The number of unbranched alkanes of at least 4 members (excludes halogenated alkanes) is 26. The Morgan fingerprint density at radius 2 is 0.865 bits per heavy atom. The molecule has 0 aliphatic heterocycles. The fraction of sp³-hybridized carbons (Fsp3) is 0.750. The van der Waals surface area contributed by atoms with Crippen LogP contribution < -0.4 is 5.32 Å². The summed E-state index contributed by atoms with van der Waals surface area (Å²) in [5.41, 5.74) is 0. The lowest BCUT2D eigenvalue weighted by Crippen LogP contribution is -2.47. The van der Waals surface area contributed by atoms with E-state index in [4.69, 9.17) is 13.8 Å². The summed E-state index contributed by atoms with van der Waals surface area (Å²) in [7, 11) is 1.47. The number of hydrogen-bond acceptors (Lipinski definition) is 6. The number of amides is 1. The van der Waals surface area contributed by atoms with Crippen molar-refractivity contribution in [2.24, 2.45) is 0 Å². The zero-order valence-corrected chi connectivity index (χ0v) is 49.7. The maximum Gasteiger partial charge on any atom is 0.472 e. The van der Waals surface area contributed by atoms with Crippen LogP contribution in [0.15, 0.2) is 85.1 Å². The summed E-state index contributed by atoms with van der Waals surface area (Å²) in [6.07, 6.45) is 70.0. The molecule has 3 atom stereocenters. The Hall–Kier alpha value is -2.81. The van der Waals surface area contributed by atoms with Crippen LogP contribution in [-0.2, 0) is 27.9 Å². The van der Waals surface area contributed by atoms with Gasteiger partial charge < -0.3 is 19.4 Å². The topological polar surface area (TPSA) is 111 Å². The van der Waals surface area contributed by atoms with E-state index < -0.39 is 20.0 Å². The second kappa shape index (κ2) is 53.6. The number of quaternary nitrogens is 1. The van der Waals surface area contributed by atoms with Gasteiger partial charge in [-0.05, 0) is 102 Å². The largest absolute Gasteiger partial charge is 0.472 e. The number of carbonyl (C=O) groups is 2. The molecular weight excluding hydrogens is 940 g/mol. The van der Waals surface area contributed by atoms with Crippen molar-refractivity contribution in [3.8, 4) is 0 Å². The smallest absolute Gasteiger partial charge is 0.456 e. The van der Waals surface area contributed by atoms with Gasteiger partial charge in [-0.25, -0.2) is 4.57 Å². The Morgan fingerprint density at radius 1 is 0.486 bits per heavy atom. The molecule has 0 spiro atoms. The summed E-state index contributed by atoms with van der Waals surface area (Å²) in [5, 5.41) is 3.04. The van der Waals surface area contributed by atoms with Gasteiger partial charge in [0.15, 0.2) is 0 Å². The van der Waals surface area contributed by atoms with Crippen molar-refractivity contribution in [3.05, 3.63) is 85.1 Å². The SMILES string of the molecule is CC/C=C\C/C=C\C/C=C\C/C=C\C/C=C\CCCCCCCC(=O)NC(COP(=O)(O)OCC[N+](C)(C)C)C(/C=C\CCCCCCCCCCCCC)OC(=O)CCCCC/C=C\CCCCCCCCC. The second-order valence-electron chi connectivity index (χ2n) is 21.5. The van der Waals surface area contributed by atoms with Crippen molar-refractivity contribution in [1.82, 2.24) is 5.32 Å². The van der Waals surface area contributed by atoms with E-state index in [2.05, 4.69) is 99.0 Å². The van der Waals surface area contributed by atoms with Gasteiger partial charge in [-0.3, -0.25) is 18.6 Å². The van der Waals surface area contributed by atoms with Crippen LogP contribution in [0.5, 0.6) is 0 Å². The summed E-state index contributed by atoms with van der Waals surface area (Å²) in [4.78, 5) is 37.7. The number of esters is 1. The number of hydrogen-bond donors (Lipinski definition) is 2. The lowest BCUT2D eigenvalue weighted by molar-refractivity contribution is -0.870. The highest BCUT2D eigenvalue weighted by Gasteiger charge is 2.30. The molecule has 0 aliphatic rings. The Labute approximate surface area is 456 Å². The van der Waals surface area contributed by atoms with Crippen molar-refractivity contribution >= 4 is 19.7 Å². The van der Waals surface area contributed by atoms with Gasteiger partial charge in [0.2, 0.25) is 5.91 Å². The quantitative estimate of drug-likeness (QED) is 0.0205. The van der Waals surface area contributed by atoms with E-state index in [1.54, 1.807) is 0 Å². The summed E-state index contributed by atoms with van der Waals surface area (Å²) in [6, 6.07) is -0.868. The molecule has 0 aromatic carbocycles. The van der Waals surface area contributed by atoms with Crippen LogP contribution in [0.2, 0.25) is 0 Å². The van der Waals surface area contributed by atoms with Gasteiger partial charge >= 0.3 is 13.8 Å². The molecule has 428 valence electrons. The summed E-state index contributed by atoms with van der Waals surface area (Å²) in [6.45, 7) is 6.87. The van der Waals surface area contributed by atoms with E-state index in [0.717, 1.165) is 116 Å². The zero-order valence-electron chi connectivity index (χ0n) is 48.8. The number of allylic oxidation sites excluding steroid dienone is 13. The van der Waals surface area contributed by atoms with Crippen molar-refractivity contribution in [3.63, 3.8) is 0 Å². The minimum Gasteiger partial charge on any atom is -0.456 e. The van der Waals surface area contributed by atoms with Crippen LogP contribution in [0, 0.1) is 0 Å². The summed E-state index contributed by atoms with van der Waals surface area (Å²) >= 11 is 0. The predicted octanol–water partition coefficient (Wildman–Crippen LogP) is 18.6. The molecule has 0 saturated carbocycles. The fourth-order valence-corrected chi connectivity index (χ4v) is 9.11. The number of likely N-dealkylation sites (N-methyl/N-ethyl adjacent to an activating group) is 1. The van der Waals surface area contributed by atoms with Crippen LogP contribution in [-0.4, -0.2) is 74.3 Å². The average molecular weight is 1060 g/mol. The van der Waals surface area contributed by atoms with E-state index >= 15 is 0 Å². The molecule has 0 radical (unpaired) electrons. The Morgan fingerprint density at radius 3 is 1.32 bits per heavy atom. The third-order valence-electron chi connectivity index (χ3n) is 13.1. The molecule has 9 nitrogen and oxygen atoms in total. The van der Waals surface area contributed by atoms with Crippen LogP contribution in [0.4, 0.5) is 0 Å². The lowest BCUT2D eigenvalue weighted by Gasteiger charge is -2.27. The van der Waals surface area contributed by atoms with E-state index in [-0.39, 0.29) is 31.5 Å². The molecule has 2 N–H and O–H groups in total. The van der Waals surface area contributed by atoms with Crippen LogP contribution in [0.1, 0.15) is 258 Å². The maximum atomic E-state index is 13.5. The molecule has 0 fully saturated rings.